The number of aromatic hydroxyl groups is 1. The number of fused-ring (bicyclic) bond motifs is 1. The van der Waals surface area contributed by atoms with E-state index in [2.05, 4.69) is 15.0 Å². The number of halogens is 1. The molecule has 0 radical (unpaired) electrons. The Morgan fingerprint density at radius 2 is 2.08 bits per heavy atom. The van der Waals surface area contributed by atoms with Gasteiger partial charge < -0.3 is 24.4 Å². The van der Waals surface area contributed by atoms with Gasteiger partial charge in [0.1, 0.15) is 17.7 Å². The summed E-state index contributed by atoms with van der Waals surface area (Å²) in [5, 5.41) is 9.77. The lowest BCUT2D eigenvalue weighted by molar-refractivity contribution is 0.0368. The maximum absolute atomic E-state index is 14.3. The van der Waals surface area contributed by atoms with Crippen LogP contribution in [-0.4, -0.2) is 64.4 Å². The molecular weight excluding hydrogens is 499 g/mol. The van der Waals surface area contributed by atoms with E-state index in [1.807, 2.05) is 22.9 Å². The highest BCUT2D eigenvalue weighted by atomic mass is 32.1. The number of carbonyl (C=O) groups excluding carboxylic acids is 1. The van der Waals surface area contributed by atoms with E-state index in [9.17, 15) is 14.3 Å². The summed E-state index contributed by atoms with van der Waals surface area (Å²) < 4.78 is 26.0. The number of carbonyl (C=O) groups is 1. The Morgan fingerprint density at radius 1 is 1.27 bits per heavy atom. The lowest BCUT2D eigenvalue weighted by Gasteiger charge is -2.33. The molecule has 0 amide bonds. The quantitative estimate of drug-likeness (QED) is 0.359. The number of aromatic nitrogens is 4. The average molecular weight is 525 g/mol. The molecule has 1 aliphatic heterocycles. The van der Waals surface area contributed by atoms with Crippen molar-refractivity contribution in [2.24, 2.45) is 0 Å². The van der Waals surface area contributed by atoms with Gasteiger partial charge in [-0.15, -0.1) is 11.3 Å². The van der Waals surface area contributed by atoms with E-state index in [0.29, 0.717) is 55.9 Å². The fourth-order valence-corrected chi connectivity index (χ4v) is 5.08. The van der Waals surface area contributed by atoms with Crippen molar-refractivity contribution in [2.75, 3.05) is 43.2 Å². The van der Waals surface area contributed by atoms with Crippen molar-refractivity contribution in [1.82, 2.24) is 19.9 Å². The van der Waals surface area contributed by atoms with Gasteiger partial charge in [-0.05, 0) is 31.2 Å². The first-order chi connectivity index (χ1) is 17.9. The molecule has 12 heteroatoms. The number of thiophene rings is 1. The number of rotatable bonds is 7. The second-order valence-corrected chi connectivity index (χ2v) is 9.66. The van der Waals surface area contributed by atoms with Crippen LogP contribution in [0.5, 0.6) is 5.75 Å². The van der Waals surface area contributed by atoms with Gasteiger partial charge in [-0.2, -0.15) is 0 Å². The molecule has 0 aliphatic carbocycles. The normalized spacial score (nSPS) is 15.6. The van der Waals surface area contributed by atoms with Crippen molar-refractivity contribution in [2.45, 2.75) is 19.6 Å². The molecule has 37 heavy (non-hydrogen) atoms. The summed E-state index contributed by atoms with van der Waals surface area (Å²) in [6, 6.07) is 5.94. The summed E-state index contributed by atoms with van der Waals surface area (Å²) >= 11 is 1.57. The van der Waals surface area contributed by atoms with Gasteiger partial charge >= 0.3 is 5.97 Å². The molecule has 1 aliphatic rings. The van der Waals surface area contributed by atoms with Gasteiger partial charge in [0, 0.05) is 36.4 Å². The molecule has 1 N–H and O–H groups in total. The number of ether oxygens (including phenoxy) is 2. The van der Waals surface area contributed by atoms with Gasteiger partial charge in [0.25, 0.3) is 0 Å². The van der Waals surface area contributed by atoms with E-state index in [1.54, 1.807) is 24.5 Å². The highest BCUT2D eigenvalue weighted by molar-refractivity contribution is 7.19. The maximum Gasteiger partial charge on any atom is 0.341 e. The summed E-state index contributed by atoms with van der Waals surface area (Å²) in [6.07, 6.45) is 4.16. The summed E-state index contributed by atoms with van der Waals surface area (Å²) in [5.74, 6) is 0.139. The third kappa shape index (κ3) is 5.44. The Morgan fingerprint density at radius 3 is 2.86 bits per heavy atom. The smallest absolute Gasteiger partial charge is 0.341 e. The van der Waals surface area contributed by atoms with Crippen LogP contribution in [0.15, 0.2) is 42.9 Å². The first-order valence-electron chi connectivity index (χ1n) is 11.7. The van der Waals surface area contributed by atoms with Crippen LogP contribution in [0.1, 0.15) is 33.8 Å². The Bertz CT molecular complexity index is 1420. The van der Waals surface area contributed by atoms with Gasteiger partial charge in [0.05, 0.1) is 48.3 Å². The Hall–Kier alpha value is -3.90. The molecule has 1 fully saturated rings. The molecule has 192 valence electrons. The van der Waals surface area contributed by atoms with Crippen LogP contribution in [0.4, 0.5) is 16.3 Å². The minimum atomic E-state index is -0.540. The average Bonchev–Trinajstić information content (AvgIpc) is 3.32. The predicted molar refractivity (Wildman–Crippen MR) is 136 cm³/mol. The second kappa shape index (κ2) is 10.6. The van der Waals surface area contributed by atoms with Crippen LogP contribution in [0, 0.1) is 5.82 Å². The van der Waals surface area contributed by atoms with Crippen LogP contribution in [0.25, 0.3) is 10.2 Å². The molecule has 1 aromatic carbocycles. The number of esters is 1. The fourth-order valence-electron chi connectivity index (χ4n) is 4.05. The summed E-state index contributed by atoms with van der Waals surface area (Å²) in [4.78, 5) is 34.5. The van der Waals surface area contributed by atoms with Crippen LogP contribution in [-0.2, 0) is 16.0 Å². The first-order valence-corrected chi connectivity index (χ1v) is 12.5. The molecule has 0 saturated carbocycles. The lowest BCUT2D eigenvalue weighted by atomic mass is 10.1. The zero-order valence-electron chi connectivity index (χ0n) is 20.3. The number of nitrogens with zero attached hydrogens (tertiary/aromatic N) is 6. The Balaban J connectivity index is 1.29. The largest absolute Gasteiger partial charge is 0.508 e. The minimum absolute atomic E-state index is 0.00842. The van der Waals surface area contributed by atoms with Crippen molar-refractivity contribution in [3.05, 3.63) is 64.7 Å². The topological polar surface area (TPSA) is 114 Å². The highest BCUT2D eigenvalue weighted by Crippen LogP contribution is 2.31. The summed E-state index contributed by atoms with van der Waals surface area (Å²) in [7, 11) is 1.87. The number of phenolic OH excluding ortho intramolecular Hbond substituents is 1. The van der Waals surface area contributed by atoms with Gasteiger partial charge in [-0.1, -0.05) is 0 Å². The predicted octanol–water partition coefficient (Wildman–Crippen LogP) is 3.72. The monoisotopic (exact) mass is 524 g/mol. The SMILES string of the molecule is CCOC(=O)c1cnc(N(C)Cc2cc3nc(N4CCOC(c5cc(O)ccc5F)C4)ncc3s2)nc1. The van der Waals surface area contributed by atoms with E-state index in [-0.39, 0.29) is 5.75 Å². The van der Waals surface area contributed by atoms with Crippen LogP contribution in [0.2, 0.25) is 0 Å². The minimum Gasteiger partial charge on any atom is -0.508 e. The van der Waals surface area contributed by atoms with Gasteiger partial charge in [0.2, 0.25) is 11.9 Å². The number of morpholine rings is 1. The molecule has 0 bridgehead atoms. The zero-order valence-corrected chi connectivity index (χ0v) is 21.1. The zero-order chi connectivity index (χ0) is 25.9. The van der Waals surface area contributed by atoms with E-state index in [0.717, 1.165) is 15.1 Å². The van der Waals surface area contributed by atoms with Gasteiger partial charge in [-0.3, -0.25) is 0 Å². The van der Waals surface area contributed by atoms with Gasteiger partial charge in [-0.25, -0.2) is 29.1 Å². The summed E-state index contributed by atoms with van der Waals surface area (Å²) in [6.45, 7) is 3.90. The summed E-state index contributed by atoms with van der Waals surface area (Å²) in [5.41, 5.74) is 1.42. The van der Waals surface area contributed by atoms with E-state index >= 15 is 0 Å². The van der Waals surface area contributed by atoms with Crippen LogP contribution in [0.3, 0.4) is 0 Å². The first kappa shape index (κ1) is 24.8. The number of anilines is 2. The molecule has 1 atom stereocenters. The number of hydrogen-bond donors (Lipinski definition) is 1. The molecule has 4 aromatic rings. The highest BCUT2D eigenvalue weighted by Gasteiger charge is 2.26. The van der Waals surface area contributed by atoms with Crippen LogP contribution >= 0.6 is 11.3 Å². The maximum atomic E-state index is 14.3. The van der Waals surface area contributed by atoms with E-state index < -0.39 is 17.9 Å². The van der Waals surface area contributed by atoms with E-state index in [1.165, 1.54) is 30.6 Å². The van der Waals surface area contributed by atoms with Crippen molar-refractivity contribution in [3.63, 3.8) is 0 Å². The molecular formula is C25H25FN6O4S. The van der Waals surface area contributed by atoms with Crippen molar-refractivity contribution >= 4 is 39.4 Å². The van der Waals surface area contributed by atoms with Crippen molar-refractivity contribution in [3.8, 4) is 5.75 Å². The molecule has 4 heterocycles. The number of hydrogen-bond acceptors (Lipinski definition) is 11. The van der Waals surface area contributed by atoms with Crippen molar-refractivity contribution < 1.29 is 23.8 Å². The lowest BCUT2D eigenvalue weighted by Crippen LogP contribution is -2.39. The molecule has 0 spiro atoms. The third-order valence-electron chi connectivity index (χ3n) is 5.87. The van der Waals surface area contributed by atoms with Crippen molar-refractivity contribution in [1.29, 1.82) is 0 Å². The second-order valence-electron chi connectivity index (χ2n) is 8.49. The Kier molecular flexibility index (Phi) is 7.10. The molecule has 1 unspecified atom stereocenters. The van der Waals surface area contributed by atoms with Crippen LogP contribution < -0.4 is 9.80 Å². The molecule has 5 rings (SSSR count). The van der Waals surface area contributed by atoms with E-state index in [4.69, 9.17) is 14.5 Å². The molecule has 10 nitrogen and oxygen atoms in total. The number of phenols is 1. The number of benzene rings is 1. The third-order valence-corrected chi connectivity index (χ3v) is 6.91. The fraction of sp³-hybridized carbons (Fsp3) is 0.320. The Labute approximate surface area is 216 Å². The standard InChI is InChI=1S/C25H25FN6O4S/c1-3-35-23(34)15-10-27-24(28-11-15)31(2)13-17-9-20-22(37-17)12-29-25(30-20)32-6-7-36-21(14-32)18-8-16(33)4-5-19(18)26/h4-5,8-12,21,33H,3,6-7,13-14H2,1-2H3. The molecule has 1 saturated heterocycles. The molecule has 3 aromatic heterocycles. The van der Waals surface area contributed by atoms with Gasteiger partial charge in [0.15, 0.2) is 0 Å².